The number of ether oxygens (including phenoxy) is 6. The number of esters is 1. The van der Waals surface area contributed by atoms with E-state index in [-0.39, 0.29) is 19.3 Å². The molecule has 0 bridgehead atoms. The molecule has 0 aromatic heterocycles. The Labute approximate surface area is 251 Å². The van der Waals surface area contributed by atoms with Crippen LogP contribution in [0.3, 0.4) is 0 Å². The van der Waals surface area contributed by atoms with Gasteiger partial charge in [-0.15, -0.1) is 0 Å². The number of rotatable bonds is 9. The van der Waals surface area contributed by atoms with Crippen molar-refractivity contribution in [3.63, 3.8) is 0 Å². The van der Waals surface area contributed by atoms with E-state index in [1.807, 2.05) is 36.4 Å². The zero-order valence-electron chi connectivity index (χ0n) is 24.9. The highest BCUT2D eigenvalue weighted by Crippen LogP contribution is 2.52. The topological polar surface area (TPSA) is 113 Å². The molecule has 2 aromatic carbocycles. The molecule has 3 heterocycles. The summed E-state index contributed by atoms with van der Waals surface area (Å²) >= 11 is 0. The lowest BCUT2D eigenvalue weighted by Gasteiger charge is -2.45. The van der Waals surface area contributed by atoms with Gasteiger partial charge in [-0.05, 0) is 43.7 Å². The van der Waals surface area contributed by atoms with E-state index in [9.17, 15) is 14.4 Å². The third-order valence-electron chi connectivity index (χ3n) is 7.76. The number of anilines is 1. The maximum atomic E-state index is 13.8. The molecule has 0 N–H and O–H groups in total. The quantitative estimate of drug-likeness (QED) is 0.235. The molecule has 1 fully saturated rings. The molecule has 3 aliphatic rings. The lowest BCUT2D eigenvalue weighted by Crippen LogP contribution is -2.55. The van der Waals surface area contributed by atoms with E-state index in [1.54, 1.807) is 49.0 Å². The summed E-state index contributed by atoms with van der Waals surface area (Å²) in [4.78, 5) is 42.6. The zero-order valence-corrected chi connectivity index (χ0v) is 24.9. The standard InChI is InChI=1S/C32H38N2O9/c1-21(35)42-24-11-8-12-28(36)33-26-14-13-23(41-20-39-16-15-38-4)17-25(26)29-30(27(33)18-24)43-32(2,3)34(29)31(37)40-19-22-9-6-5-7-10-22/h5-10,12-14,17,24,27,29-30H,11,15-16,18-20H2,1-4H3/b12-8-/t24-,27+,29+,30+/m1/s1. The summed E-state index contributed by atoms with van der Waals surface area (Å²) in [7, 11) is 1.59. The molecule has 2 aromatic rings. The maximum Gasteiger partial charge on any atom is 0.412 e. The molecule has 43 heavy (non-hydrogen) atoms. The van der Waals surface area contributed by atoms with Crippen LogP contribution in [-0.4, -0.2) is 74.0 Å². The van der Waals surface area contributed by atoms with E-state index < -0.39 is 42.1 Å². The van der Waals surface area contributed by atoms with E-state index in [2.05, 4.69) is 0 Å². The second kappa shape index (κ2) is 13.2. The molecule has 0 unspecified atom stereocenters. The number of nitrogens with zero attached hydrogens (tertiary/aromatic N) is 2. The molecule has 230 valence electrons. The van der Waals surface area contributed by atoms with Crippen molar-refractivity contribution < 1.29 is 42.8 Å². The molecule has 11 heteroatoms. The molecule has 0 aliphatic carbocycles. The Bertz CT molecular complexity index is 1350. The molecular formula is C32H38N2O9. The minimum atomic E-state index is -1.09. The fourth-order valence-corrected chi connectivity index (χ4v) is 6.00. The van der Waals surface area contributed by atoms with Gasteiger partial charge >= 0.3 is 12.1 Å². The van der Waals surface area contributed by atoms with Crippen LogP contribution in [-0.2, 0) is 39.9 Å². The van der Waals surface area contributed by atoms with Gasteiger partial charge in [-0.25, -0.2) is 4.79 Å². The van der Waals surface area contributed by atoms with Crippen LogP contribution in [0.5, 0.6) is 5.75 Å². The van der Waals surface area contributed by atoms with Gasteiger partial charge in [-0.1, -0.05) is 36.4 Å². The van der Waals surface area contributed by atoms with Gasteiger partial charge in [0.1, 0.15) is 30.3 Å². The highest BCUT2D eigenvalue weighted by molar-refractivity contribution is 6.03. The molecular weight excluding hydrogens is 556 g/mol. The van der Waals surface area contributed by atoms with Crippen molar-refractivity contribution in [1.82, 2.24) is 4.90 Å². The molecule has 0 radical (unpaired) electrons. The molecule has 11 nitrogen and oxygen atoms in total. The molecule has 4 atom stereocenters. The molecule has 3 aliphatic heterocycles. The van der Waals surface area contributed by atoms with Crippen LogP contribution in [0.1, 0.15) is 50.8 Å². The minimum absolute atomic E-state index is 0.000854. The first-order chi connectivity index (χ1) is 20.7. The minimum Gasteiger partial charge on any atom is -0.468 e. The Kier molecular flexibility index (Phi) is 9.34. The monoisotopic (exact) mass is 594 g/mol. The first-order valence-corrected chi connectivity index (χ1v) is 14.4. The smallest absolute Gasteiger partial charge is 0.412 e. The van der Waals surface area contributed by atoms with Crippen molar-refractivity contribution in [3.05, 3.63) is 71.8 Å². The third-order valence-corrected chi connectivity index (χ3v) is 7.76. The first-order valence-electron chi connectivity index (χ1n) is 14.4. The molecule has 0 saturated carbocycles. The summed E-state index contributed by atoms with van der Waals surface area (Å²) in [6.07, 6.45) is 2.25. The fourth-order valence-electron chi connectivity index (χ4n) is 6.00. The van der Waals surface area contributed by atoms with E-state index in [4.69, 9.17) is 28.4 Å². The largest absolute Gasteiger partial charge is 0.468 e. The Morgan fingerprint density at radius 1 is 1.09 bits per heavy atom. The fraction of sp³-hybridized carbons (Fsp3) is 0.469. The lowest BCUT2D eigenvalue weighted by atomic mass is 9.84. The zero-order chi connectivity index (χ0) is 30.6. The number of carbonyl (C=O) groups excluding carboxylic acids is 3. The highest BCUT2D eigenvalue weighted by Gasteiger charge is 2.59. The van der Waals surface area contributed by atoms with Crippen LogP contribution >= 0.6 is 0 Å². The van der Waals surface area contributed by atoms with Gasteiger partial charge < -0.3 is 33.3 Å². The van der Waals surface area contributed by atoms with Gasteiger partial charge in [0.15, 0.2) is 6.79 Å². The number of fused-ring (bicyclic) bond motifs is 6. The average Bonchev–Trinajstić information content (AvgIpc) is 3.26. The summed E-state index contributed by atoms with van der Waals surface area (Å²) in [6, 6.07) is 13.6. The summed E-state index contributed by atoms with van der Waals surface area (Å²) in [5, 5.41) is 0. The maximum absolute atomic E-state index is 13.8. The predicted molar refractivity (Wildman–Crippen MR) is 155 cm³/mol. The third kappa shape index (κ3) is 6.69. The van der Waals surface area contributed by atoms with E-state index in [0.717, 1.165) is 5.56 Å². The van der Waals surface area contributed by atoms with Gasteiger partial charge in [0.05, 0.1) is 31.0 Å². The first kappa shape index (κ1) is 30.5. The Morgan fingerprint density at radius 2 is 1.88 bits per heavy atom. The average molecular weight is 595 g/mol. The van der Waals surface area contributed by atoms with Crippen molar-refractivity contribution in [3.8, 4) is 5.75 Å². The summed E-state index contributed by atoms with van der Waals surface area (Å²) in [6.45, 7) is 5.86. The van der Waals surface area contributed by atoms with Crippen LogP contribution in [0.2, 0.25) is 0 Å². The molecule has 1 saturated heterocycles. The normalized spacial score (nSPS) is 24.6. The highest BCUT2D eigenvalue weighted by atomic mass is 16.7. The molecule has 5 rings (SSSR count). The Hall–Kier alpha value is -3.93. The number of benzene rings is 2. The van der Waals surface area contributed by atoms with Crippen molar-refractivity contribution in [2.24, 2.45) is 0 Å². The van der Waals surface area contributed by atoms with Crippen molar-refractivity contribution in [1.29, 1.82) is 0 Å². The van der Waals surface area contributed by atoms with E-state index in [1.165, 1.54) is 13.0 Å². The van der Waals surface area contributed by atoms with Crippen molar-refractivity contribution in [2.45, 2.75) is 70.2 Å². The Balaban J connectivity index is 1.53. The number of hydrogen-bond donors (Lipinski definition) is 0. The van der Waals surface area contributed by atoms with Gasteiger partial charge in [0, 0.05) is 32.4 Å². The number of hydrogen-bond acceptors (Lipinski definition) is 9. The summed E-state index contributed by atoms with van der Waals surface area (Å²) in [5.41, 5.74) is 1.05. The van der Waals surface area contributed by atoms with Gasteiger partial charge in [-0.3, -0.25) is 14.5 Å². The lowest BCUT2D eigenvalue weighted by molar-refractivity contribution is -0.147. The van der Waals surface area contributed by atoms with Crippen LogP contribution < -0.4 is 9.64 Å². The molecule has 2 amide bonds. The van der Waals surface area contributed by atoms with Gasteiger partial charge in [0.2, 0.25) is 0 Å². The second-order valence-corrected chi connectivity index (χ2v) is 11.1. The molecule has 0 spiro atoms. The van der Waals surface area contributed by atoms with Gasteiger partial charge in [-0.2, -0.15) is 0 Å². The number of carbonyl (C=O) groups is 3. The Morgan fingerprint density at radius 3 is 2.63 bits per heavy atom. The summed E-state index contributed by atoms with van der Waals surface area (Å²) in [5.74, 6) is -0.129. The van der Waals surface area contributed by atoms with Crippen LogP contribution in [0, 0.1) is 0 Å². The predicted octanol–water partition coefficient (Wildman–Crippen LogP) is 4.50. The number of amides is 2. The van der Waals surface area contributed by atoms with Crippen LogP contribution in [0.25, 0.3) is 0 Å². The van der Waals surface area contributed by atoms with Crippen molar-refractivity contribution in [2.75, 3.05) is 32.0 Å². The second-order valence-electron chi connectivity index (χ2n) is 11.1. The van der Waals surface area contributed by atoms with Crippen molar-refractivity contribution >= 4 is 23.7 Å². The van der Waals surface area contributed by atoms with E-state index >= 15 is 0 Å². The van der Waals surface area contributed by atoms with Crippen LogP contribution in [0.4, 0.5) is 10.5 Å². The summed E-state index contributed by atoms with van der Waals surface area (Å²) < 4.78 is 34.4. The van der Waals surface area contributed by atoms with Gasteiger partial charge in [0.25, 0.3) is 5.91 Å². The van der Waals surface area contributed by atoms with E-state index in [0.29, 0.717) is 43.1 Å². The van der Waals surface area contributed by atoms with Crippen LogP contribution in [0.15, 0.2) is 60.7 Å². The SMILES string of the molecule is COCCOCOc1ccc2c(c1)[C@H]1[C@@H](OC(C)(C)N1C(=O)OCc1ccccc1)[C@@H]1C[C@H](OC(C)=O)C/C=C\C(=O)N21. The number of methoxy groups -OCH3 is 1.